The van der Waals surface area contributed by atoms with E-state index in [1.54, 1.807) is 0 Å². The molecule has 0 spiro atoms. The maximum Gasteiger partial charge on any atom is 0.224 e. The van der Waals surface area contributed by atoms with Crippen LogP contribution in [0.5, 0.6) is 0 Å². The summed E-state index contributed by atoms with van der Waals surface area (Å²) in [6.07, 6.45) is 0.426. The average Bonchev–Trinajstić information content (AvgIpc) is 2.54. The van der Waals surface area contributed by atoms with Crippen LogP contribution < -0.4 is 10.6 Å². The molecule has 0 aliphatic heterocycles. The van der Waals surface area contributed by atoms with Gasteiger partial charge in [-0.3, -0.25) is 4.79 Å². The minimum Gasteiger partial charge on any atom is -0.381 e. The second-order valence-corrected chi connectivity index (χ2v) is 6.85. The van der Waals surface area contributed by atoms with Crippen LogP contribution in [0.3, 0.4) is 0 Å². The Kier molecular flexibility index (Phi) is 6.42. The number of benzene rings is 2. The molecule has 0 saturated heterocycles. The van der Waals surface area contributed by atoms with Crippen LogP contribution >= 0.6 is 0 Å². The van der Waals surface area contributed by atoms with Gasteiger partial charge in [-0.2, -0.15) is 0 Å². The zero-order chi connectivity index (χ0) is 17.5. The van der Waals surface area contributed by atoms with Gasteiger partial charge in [0.05, 0.1) is 6.42 Å². The number of hydrogen-bond acceptors (Lipinski definition) is 2. The molecule has 0 aliphatic rings. The number of anilines is 1. The fraction of sp³-hybridized carbons (Fsp3) is 0.381. The standard InChI is InChI=1S/C21H28N2O/c1-15(2)19-9-5-18(6-10-19)14-22-20-11-7-17(8-12-20)13-21(24)23-16(3)4/h5-12,15-16,22H,13-14H2,1-4H3,(H,23,24). The first-order valence-corrected chi connectivity index (χ1v) is 8.65. The topological polar surface area (TPSA) is 41.1 Å². The van der Waals surface area contributed by atoms with Gasteiger partial charge in [-0.15, -0.1) is 0 Å². The summed E-state index contributed by atoms with van der Waals surface area (Å²) >= 11 is 0. The zero-order valence-corrected chi connectivity index (χ0v) is 15.1. The Labute approximate surface area is 145 Å². The van der Waals surface area contributed by atoms with Gasteiger partial charge in [0.1, 0.15) is 0 Å². The predicted octanol–water partition coefficient (Wildman–Crippen LogP) is 4.49. The lowest BCUT2D eigenvalue weighted by molar-refractivity contribution is -0.120. The van der Waals surface area contributed by atoms with Gasteiger partial charge >= 0.3 is 0 Å². The van der Waals surface area contributed by atoms with E-state index in [9.17, 15) is 4.79 Å². The summed E-state index contributed by atoms with van der Waals surface area (Å²) in [5.41, 5.74) is 4.72. The van der Waals surface area contributed by atoms with Gasteiger partial charge in [0.25, 0.3) is 0 Å². The molecule has 128 valence electrons. The highest BCUT2D eigenvalue weighted by Crippen LogP contribution is 2.16. The van der Waals surface area contributed by atoms with Crippen molar-refractivity contribution in [1.82, 2.24) is 5.32 Å². The third-order valence-electron chi connectivity index (χ3n) is 3.91. The van der Waals surface area contributed by atoms with Crippen LogP contribution in [0.25, 0.3) is 0 Å². The van der Waals surface area contributed by atoms with E-state index in [2.05, 4.69) is 48.7 Å². The van der Waals surface area contributed by atoms with Gasteiger partial charge in [0, 0.05) is 18.3 Å². The molecular formula is C21H28N2O. The number of amides is 1. The van der Waals surface area contributed by atoms with Crippen LogP contribution in [0.4, 0.5) is 5.69 Å². The smallest absolute Gasteiger partial charge is 0.224 e. The normalized spacial score (nSPS) is 10.9. The van der Waals surface area contributed by atoms with Crippen molar-refractivity contribution in [1.29, 1.82) is 0 Å². The first kappa shape index (κ1) is 18.1. The molecule has 3 heteroatoms. The number of carbonyl (C=O) groups excluding carboxylic acids is 1. The lowest BCUT2D eigenvalue weighted by Gasteiger charge is -2.10. The number of carbonyl (C=O) groups is 1. The van der Waals surface area contributed by atoms with Crippen LogP contribution in [-0.2, 0) is 17.8 Å². The number of hydrogen-bond donors (Lipinski definition) is 2. The van der Waals surface area contributed by atoms with E-state index in [-0.39, 0.29) is 11.9 Å². The van der Waals surface area contributed by atoms with E-state index in [0.717, 1.165) is 17.8 Å². The Morgan fingerprint density at radius 2 is 1.46 bits per heavy atom. The van der Waals surface area contributed by atoms with E-state index in [0.29, 0.717) is 12.3 Å². The molecular weight excluding hydrogens is 296 g/mol. The minimum atomic E-state index is 0.0657. The van der Waals surface area contributed by atoms with Crippen LogP contribution in [0, 0.1) is 0 Å². The van der Waals surface area contributed by atoms with Gasteiger partial charge in [-0.25, -0.2) is 0 Å². The third kappa shape index (κ3) is 5.73. The Morgan fingerprint density at radius 1 is 0.875 bits per heavy atom. The average molecular weight is 324 g/mol. The number of rotatable bonds is 7. The van der Waals surface area contributed by atoms with Crippen LogP contribution in [0.15, 0.2) is 48.5 Å². The summed E-state index contributed by atoms with van der Waals surface area (Å²) in [5.74, 6) is 0.628. The summed E-state index contributed by atoms with van der Waals surface area (Å²) in [6.45, 7) is 9.15. The molecule has 0 saturated carbocycles. The van der Waals surface area contributed by atoms with E-state index >= 15 is 0 Å². The summed E-state index contributed by atoms with van der Waals surface area (Å²) in [4.78, 5) is 11.8. The highest BCUT2D eigenvalue weighted by Gasteiger charge is 2.05. The first-order chi connectivity index (χ1) is 11.4. The molecule has 24 heavy (non-hydrogen) atoms. The molecule has 2 aromatic rings. The van der Waals surface area contributed by atoms with Gasteiger partial charge < -0.3 is 10.6 Å². The molecule has 2 rings (SSSR count). The fourth-order valence-electron chi connectivity index (χ4n) is 2.52. The van der Waals surface area contributed by atoms with E-state index in [1.807, 2.05) is 38.1 Å². The van der Waals surface area contributed by atoms with E-state index < -0.39 is 0 Å². The van der Waals surface area contributed by atoms with Gasteiger partial charge in [-0.1, -0.05) is 50.2 Å². The monoisotopic (exact) mass is 324 g/mol. The molecule has 0 aromatic heterocycles. The largest absolute Gasteiger partial charge is 0.381 e. The predicted molar refractivity (Wildman–Crippen MR) is 101 cm³/mol. The molecule has 0 heterocycles. The van der Waals surface area contributed by atoms with Crippen molar-refractivity contribution in [3.63, 3.8) is 0 Å². The lowest BCUT2D eigenvalue weighted by Crippen LogP contribution is -2.31. The SMILES string of the molecule is CC(C)NC(=O)Cc1ccc(NCc2ccc(C(C)C)cc2)cc1. The second kappa shape index (κ2) is 8.53. The summed E-state index contributed by atoms with van der Waals surface area (Å²) in [6, 6.07) is 17.0. The van der Waals surface area contributed by atoms with Gasteiger partial charge in [-0.05, 0) is 48.6 Å². The molecule has 0 bridgehead atoms. The molecule has 2 aromatic carbocycles. The zero-order valence-electron chi connectivity index (χ0n) is 15.1. The van der Waals surface area contributed by atoms with Crippen LogP contribution in [0.2, 0.25) is 0 Å². The highest BCUT2D eigenvalue weighted by atomic mass is 16.1. The van der Waals surface area contributed by atoms with Crippen molar-refractivity contribution in [2.75, 3.05) is 5.32 Å². The first-order valence-electron chi connectivity index (χ1n) is 8.65. The van der Waals surface area contributed by atoms with Crippen molar-refractivity contribution in [3.05, 3.63) is 65.2 Å². The quantitative estimate of drug-likeness (QED) is 0.788. The molecule has 0 aliphatic carbocycles. The van der Waals surface area contributed by atoms with Crippen molar-refractivity contribution in [2.45, 2.75) is 52.6 Å². The molecule has 0 atom stereocenters. The summed E-state index contributed by atoms with van der Waals surface area (Å²) in [7, 11) is 0. The Balaban J connectivity index is 1.86. The molecule has 1 amide bonds. The Hall–Kier alpha value is -2.29. The molecule has 2 N–H and O–H groups in total. The van der Waals surface area contributed by atoms with Gasteiger partial charge in [0.2, 0.25) is 5.91 Å². The maximum absolute atomic E-state index is 11.8. The Bertz CT molecular complexity index is 643. The molecule has 0 unspecified atom stereocenters. The van der Waals surface area contributed by atoms with E-state index in [4.69, 9.17) is 0 Å². The lowest BCUT2D eigenvalue weighted by atomic mass is 10.0. The molecule has 0 radical (unpaired) electrons. The van der Waals surface area contributed by atoms with Crippen molar-refractivity contribution < 1.29 is 4.79 Å². The second-order valence-electron chi connectivity index (χ2n) is 6.85. The van der Waals surface area contributed by atoms with Crippen molar-refractivity contribution in [2.24, 2.45) is 0 Å². The van der Waals surface area contributed by atoms with Crippen molar-refractivity contribution in [3.8, 4) is 0 Å². The minimum absolute atomic E-state index is 0.0657. The maximum atomic E-state index is 11.8. The summed E-state index contributed by atoms with van der Waals surface area (Å²) < 4.78 is 0. The third-order valence-corrected chi connectivity index (χ3v) is 3.91. The van der Waals surface area contributed by atoms with Crippen molar-refractivity contribution >= 4 is 11.6 Å². The van der Waals surface area contributed by atoms with E-state index in [1.165, 1.54) is 11.1 Å². The summed E-state index contributed by atoms with van der Waals surface area (Å²) in [5, 5.41) is 6.33. The van der Waals surface area contributed by atoms with Gasteiger partial charge in [0.15, 0.2) is 0 Å². The molecule has 0 fully saturated rings. The highest BCUT2D eigenvalue weighted by molar-refractivity contribution is 5.78. The van der Waals surface area contributed by atoms with Crippen LogP contribution in [0.1, 0.15) is 50.3 Å². The molecule has 3 nitrogen and oxygen atoms in total. The Morgan fingerprint density at radius 3 is 2.00 bits per heavy atom. The van der Waals surface area contributed by atoms with Crippen LogP contribution in [-0.4, -0.2) is 11.9 Å². The number of nitrogens with one attached hydrogen (secondary N) is 2. The fourth-order valence-corrected chi connectivity index (χ4v) is 2.52.